The molecule has 1 aromatic heterocycles. The Morgan fingerprint density at radius 3 is 2.22 bits per heavy atom. The lowest BCUT2D eigenvalue weighted by atomic mass is 9.64. The number of nitrogens with one attached hydrogen (secondary N) is 1. The molecule has 0 saturated heterocycles. The van der Waals surface area contributed by atoms with Crippen LogP contribution in [-0.4, -0.2) is 16.9 Å². The van der Waals surface area contributed by atoms with Crippen LogP contribution < -0.4 is 10.1 Å². The average Bonchev–Trinajstić information content (AvgIpc) is 3.48. The highest BCUT2D eigenvalue weighted by Gasteiger charge is 2.52. The number of fused-ring (bicyclic) bond motifs is 2. The average molecular weight is 481 g/mol. The Morgan fingerprint density at radius 2 is 1.67 bits per heavy atom. The summed E-state index contributed by atoms with van der Waals surface area (Å²) in [6.07, 6.45) is 9.08. The molecule has 1 N–H and O–H groups in total. The van der Waals surface area contributed by atoms with Crippen LogP contribution in [0.25, 0.3) is 0 Å². The third kappa shape index (κ3) is 4.31. The summed E-state index contributed by atoms with van der Waals surface area (Å²) in [5.41, 5.74) is 4.47. The van der Waals surface area contributed by atoms with Gasteiger partial charge in [0.25, 0.3) is 5.91 Å². The lowest BCUT2D eigenvalue weighted by Gasteiger charge is -2.39. The van der Waals surface area contributed by atoms with E-state index in [0.717, 1.165) is 35.8 Å². The van der Waals surface area contributed by atoms with Crippen molar-refractivity contribution in [1.82, 2.24) is 10.3 Å². The number of hydrogen-bond donors (Lipinski definition) is 1. The Bertz CT molecular complexity index is 1200. The Labute approximate surface area is 214 Å². The summed E-state index contributed by atoms with van der Waals surface area (Å²) in [6, 6.07) is 23.7. The first-order valence-electron chi connectivity index (χ1n) is 13.6. The first-order chi connectivity index (χ1) is 17.5. The number of ether oxygens (including phenoxy) is 1. The van der Waals surface area contributed by atoms with Crippen LogP contribution in [0, 0.1) is 17.8 Å². The highest BCUT2D eigenvalue weighted by Crippen LogP contribution is 2.60. The number of amides is 1. The molecule has 3 aliphatic rings. The van der Waals surface area contributed by atoms with Gasteiger partial charge >= 0.3 is 0 Å². The second-order valence-electron chi connectivity index (χ2n) is 11.4. The first kappa shape index (κ1) is 23.3. The maximum atomic E-state index is 12.6. The Morgan fingerprint density at radius 1 is 0.944 bits per heavy atom. The molecule has 3 saturated carbocycles. The quantitative estimate of drug-likeness (QED) is 0.383. The van der Waals surface area contributed by atoms with Crippen molar-refractivity contribution in [2.75, 3.05) is 0 Å². The van der Waals surface area contributed by atoms with Gasteiger partial charge in [-0.2, -0.15) is 0 Å². The lowest BCUT2D eigenvalue weighted by Crippen LogP contribution is -2.34. The van der Waals surface area contributed by atoms with Crippen molar-refractivity contribution in [1.29, 1.82) is 0 Å². The number of pyridine rings is 1. The van der Waals surface area contributed by atoms with Gasteiger partial charge in [0.05, 0.1) is 5.69 Å². The fraction of sp³-hybridized carbons (Fsp3) is 0.438. The van der Waals surface area contributed by atoms with Crippen molar-refractivity contribution in [3.63, 3.8) is 0 Å². The monoisotopic (exact) mass is 480 g/mol. The maximum absolute atomic E-state index is 12.6. The van der Waals surface area contributed by atoms with Crippen LogP contribution in [0.5, 0.6) is 5.75 Å². The fourth-order valence-electron chi connectivity index (χ4n) is 6.68. The predicted molar refractivity (Wildman–Crippen MR) is 142 cm³/mol. The molecule has 2 bridgehead atoms. The molecule has 0 spiro atoms. The molecule has 4 nitrogen and oxygen atoms in total. The molecule has 1 amide bonds. The zero-order valence-electron chi connectivity index (χ0n) is 21.3. The molecule has 0 radical (unpaired) electrons. The van der Waals surface area contributed by atoms with Gasteiger partial charge in [-0.25, -0.2) is 0 Å². The summed E-state index contributed by atoms with van der Waals surface area (Å²) in [4.78, 5) is 17.1. The minimum Gasteiger partial charge on any atom is -0.484 e. The largest absolute Gasteiger partial charge is 0.484 e. The van der Waals surface area contributed by atoms with Crippen LogP contribution >= 0.6 is 0 Å². The predicted octanol–water partition coefficient (Wildman–Crippen LogP) is 6.86. The highest BCUT2D eigenvalue weighted by molar-refractivity contribution is 5.94. The van der Waals surface area contributed by atoms with Crippen molar-refractivity contribution < 1.29 is 9.53 Å². The second kappa shape index (κ2) is 9.38. The molecule has 3 fully saturated rings. The highest BCUT2D eigenvalue weighted by atomic mass is 16.5. The zero-order valence-corrected chi connectivity index (χ0v) is 21.3. The van der Waals surface area contributed by atoms with Gasteiger partial charge in [0.2, 0.25) is 0 Å². The minimum atomic E-state index is -0.0807. The number of nitrogens with zero attached hydrogens (tertiary/aromatic N) is 1. The smallest absolute Gasteiger partial charge is 0.251 e. The van der Waals surface area contributed by atoms with Gasteiger partial charge in [-0.3, -0.25) is 9.78 Å². The summed E-state index contributed by atoms with van der Waals surface area (Å²) in [5, 5.41) is 3.11. The molecular weight excluding hydrogens is 444 g/mol. The number of aromatic nitrogens is 1. The molecule has 4 atom stereocenters. The normalized spacial score (nSPS) is 25.6. The fourth-order valence-corrected chi connectivity index (χ4v) is 6.68. The van der Waals surface area contributed by atoms with Crippen molar-refractivity contribution >= 4 is 5.91 Å². The Hall–Kier alpha value is -3.14. The molecule has 3 aliphatic carbocycles. The van der Waals surface area contributed by atoms with Gasteiger partial charge in [0.1, 0.15) is 11.9 Å². The maximum Gasteiger partial charge on any atom is 0.251 e. The second-order valence-corrected chi connectivity index (χ2v) is 11.4. The van der Waals surface area contributed by atoms with Crippen LogP contribution in [0.4, 0.5) is 0 Å². The van der Waals surface area contributed by atoms with Crippen molar-refractivity contribution in [3.8, 4) is 5.75 Å². The van der Waals surface area contributed by atoms with Crippen LogP contribution in [0.15, 0.2) is 72.9 Å². The van der Waals surface area contributed by atoms with E-state index in [9.17, 15) is 4.79 Å². The van der Waals surface area contributed by atoms with E-state index in [4.69, 9.17) is 4.74 Å². The number of rotatable bonds is 8. The third-order valence-electron chi connectivity index (χ3n) is 8.64. The molecule has 2 aromatic carbocycles. The first-order valence-corrected chi connectivity index (χ1v) is 13.6. The number of carbonyl (C=O) groups excluding carboxylic acids is 1. The van der Waals surface area contributed by atoms with E-state index in [2.05, 4.69) is 60.5 Å². The van der Waals surface area contributed by atoms with Crippen LogP contribution in [0.3, 0.4) is 0 Å². The lowest BCUT2D eigenvalue weighted by molar-refractivity contribution is 0.0951. The van der Waals surface area contributed by atoms with Gasteiger partial charge in [-0.05, 0) is 97.4 Å². The van der Waals surface area contributed by atoms with Gasteiger partial charge in [0.15, 0.2) is 0 Å². The van der Waals surface area contributed by atoms with E-state index in [1.807, 2.05) is 36.5 Å². The van der Waals surface area contributed by atoms with Gasteiger partial charge in [0, 0.05) is 23.2 Å². The zero-order chi connectivity index (χ0) is 24.7. The molecule has 1 heterocycles. The molecular formula is C32H36N2O2. The molecule has 6 rings (SSSR count). The molecule has 186 valence electrons. The van der Waals surface area contributed by atoms with Crippen molar-refractivity contribution in [2.45, 2.75) is 69.9 Å². The third-order valence-corrected chi connectivity index (χ3v) is 8.64. The van der Waals surface area contributed by atoms with Gasteiger partial charge < -0.3 is 10.1 Å². The van der Waals surface area contributed by atoms with E-state index in [1.165, 1.54) is 36.8 Å². The van der Waals surface area contributed by atoms with E-state index in [0.29, 0.717) is 17.9 Å². The number of benzene rings is 2. The molecule has 3 aromatic rings. The van der Waals surface area contributed by atoms with E-state index in [1.54, 1.807) is 0 Å². The van der Waals surface area contributed by atoms with E-state index >= 15 is 0 Å². The summed E-state index contributed by atoms with van der Waals surface area (Å²) < 4.78 is 6.45. The summed E-state index contributed by atoms with van der Waals surface area (Å²) in [7, 11) is 0. The van der Waals surface area contributed by atoms with Crippen LogP contribution in [0.2, 0.25) is 0 Å². The topological polar surface area (TPSA) is 51.2 Å². The molecule has 4 heteroatoms. The van der Waals surface area contributed by atoms with Crippen LogP contribution in [0.1, 0.15) is 85.7 Å². The molecule has 3 unspecified atom stereocenters. The molecule has 36 heavy (non-hydrogen) atoms. The number of carbonyl (C=O) groups is 1. The van der Waals surface area contributed by atoms with E-state index < -0.39 is 0 Å². The van der Waals surface area contributed by atoms with E-state index in [-0.39, 0.29) is 17.4 Å². The van der Waals surface area contributed by atoms with Gasteiger partial charge in [-0.15, -0.1) is 0 Å². The molecule has 0 aliphatic heterocycles. The summed E-state index contributed by atoms with van der Waals surface area (Å²) in [5.74, 6) is 2.69. The van der Waals surface area contributed by atoms with Gasteiger partial charge in [-0.1, -0.05) is 50.6 Å². The SMILES string of the molecule is CC(C)C(Oc1ccc(C2(c3ccc(C(=O)NC4CC4)cc3)C[C@@H]3CCC2C3)cc1)c1ccccn1. The summed E-state index contributed by atoms with van der Waals surface area (Å²) >= 11 is 0. The number of hydrogen-bond acceptors (Lipinski definition) is 3. The Kier molecular flexibility index (Phi) is 6.07. The summed E-state index contributed by atoms with van der Waals surface area (Å²) in [6.45, 7) is 4.35. The van der Waals surface area contributed by atoms with Crippen LogP contribution in [-0.2, 0) is 5.41 Å². The standard InChI is InChI=1S/C32H36N2O2/c1-21(2)30(29-5-3-4-18-33-29)36-28-16-12-25(13-17-28)32(20-22-6-9-26(32)19-22)24-10-7-23(8-11-24)31(35)34-27-14-15-27/h3-5,7-8,10-13,16-18,21-22,26-27,30H,6,9,14-15,19-20H2,1-2H3,(H,34,35)/t22-,26?,30?,32?/m1/s1. The van der Waals surface area contributed by atoms with Crippen molar-refractivity contribution in [3.05, 3.63) is 95.3 Å². The minimum absolute atomic E-state index is 0.0192. The van der Waals surface area contributed by atoms with Crippen molar-refractivity contribution in [2.24, 2.45) is 17.8 Å². The Balaban J connectivity index is 1.27.